The maximum Gasteiger partial charge on any atom is 0.234 e. The molecule has 2 heterocycles. The second kappa shape index (κ2) is 9.51. The van der Waals surface area contributed by atoms with Gasteiger partial charge in [0.1, 0.15) is 0 Å². The van der Waals surface area contributed by atoms with Crippen molar-refractivity contribution in [2.45, 2.75) is 6.42 Å². The molecule has 154 valence electrons. The Morgan fingerprint density at radius 3 is 2.41 bits per heavy atom. The monoisotopic (exact) mass is 412 g/mol. The first-order chi connectivity index (χ1) is 14.2. The largest absolute Gasteiger partial charge is 0.371 e. The van der Waals surface area contributed by atoms with Crippen molar-refractivity contribution in [2.24, 2.45) is 5.92 Å². The Bertz CT molecular complexity index is 808. The summed E-state index contributed by atoms with van der Waals surface area (Å²) in [5.74, 6) is 0.658. The maximum absolute atomic E-state index is 12.4. The number of carbonyl (C=O) groups is 1. The van der Waals surface area contributed by atoms with Crippen molar-refractivity contribution in [2.75, 3.05) is 62.2 Å². The fourth-order valence-electron chi connectivity index (χ4n) is 4.24. The van der Waals surface area contributed by atoms with Gasteiger partial charge in [0.25, 0.3) is 0 Å². The van der Waals surface area contributed by atoms with E-state index in [9.17, 15) is 4.79 Å². The summed E-state index contributed by atoms with van der Waals surface area (Å²) in [6, 6.07) is 18.5. The minimum atomic E-state index is 0.134. The third-order valence-electron chi connectivity index (χ3n) is 5.93. The number of hydrogen-bond acceptors (Lipinski definition) is 4. The number of amides is 1. The molecule has 1 amide bonds. The minimum absolute atomic E-state index is 0.134. The smallest absolute Gasteiger partial charge is 0.234 e. The van der Waals surface area contributed by atoms with Gasteiger partial charge in [-0.3, -0.25) is 9.69 Å². The quantitative estimate of drug-likeness (QED) is 0.791. The van der Waals surface area contributed by atoms with Gasteiger partial charge in [-0.1, -0.05) is 41.9 Å². The van der Waals surface area contributed by atoms with Crippen molar-refractivity contribution < 1.29 is 4.79 Å². The van der Waals surface area contributed by atoms with Crippen molar-refractivity contribution in [3.63, 3.8) is 0 Å². The number of rotatable bonds is 6. The highest BCUT2D eigenvalue weighted by atomic mass is 35.5. The van der Waals surface area contributed by atoms with Gasteiger partial charge in [0.05, 0.1) is 17.3 Å². The van der Waals surface area contributed by atoms with E-state index in [2.05, 4.69) is 50.3 Å². The van der Waals surface area contributed by atoms with Crippen LogP contribution in [0.1, 0.15) is 6.42 Å². The van der Waals surface area contributed by atoms with Crippen LogP contribution in [0.5, 0.6) is 0 Å². The molecule has 0 aliphatic carbocycles. The van der Waals surface area contributed by atoms with Crippen LogP contribution in [0.2, 0.25) is 5.02 Å². The molecule has 6 heteroatoms. The van der Waals surface area contributed by atoms with Crippen LogP contribution in [0.4, 0.5) is 11.4 Å². The summed E-state index contributed by atoms with van der Waals surface area (Å²) in [4.78, 5) is 19.4. The van der Waals surface area contributed by atoms with Crippen LogP contribution in [0, 0.1) is 5.92 Å². The molecule has 1 N–H and O–H groups in total. The van der Waals surface area contributed by atoms with Gasteiger partial charge < -0.3 is 15.1 Å². The molecule has 0 bridgehead atoms. The number of piperazine rings is 1. The van der Waals surface area contributed by atoms with Gasteiger partial charge in [-0.25, -0.2) is 0 Å². The Kier molecular flexibility index (Phi) is 6.57. The molecule has 1 atom stereocenters. The zero-order valence-corrected chi connectivity index (χ0v) is 17.5. The van der Waals surface area contributed by atoms with Crippen molar-refractivity contribution in [3.05, 3.63) is 59.6 Å². The van der Waals surface area contributed by atoms with E-state index in [1.54, 1.807) is 0 Å². The van der Waals surface area contributed by atoms with E-state index >= 15 is 0 Å². The van der Waals surface area contributed by atoms with Crippen LogP contribution in [0.3, 0.4) is 0 Å². The van der Waals surface area contributed by atoms with Crippen molar-refractivity contribution in [1.29, 1.82) is 0 Å². The van der Waals surface area contributed by atoms with Crippen molar-refractivity contribution >= 4 is 28.9 Å². The molecule has 2 saturated heterocycles. The molecule has 0 spiro atoms. The summed E-state index contributed by atoms with van der Waals surface area (Å²) in [5.41, 5.74) is 2.36. The first kappa shape index (κ1) is 20.0. The molecule has 0 saturated carbocycles. The number of halogens is 1. The molecule has 2 aromatic rings. The highest BCUT2D eigenvalue weighted by Gasteiger charge is 2.24. The van der Waals surface area contributed by atoms with E-state index in [1.165, 1.54) is 5.69 Å². The van der Waals surface area contributed by atoms with Gasteiger partial charge in [0, 0.05) is 51.5 Å². The molecule has 29 heavy (non-hydrogen) atoms. The number of anilines is 2. The third kappa shape index (κ3) is 5.22. The SMILES string of the molecule is O=C(CN1CCN(c2ccccc2Cl)CC1)NCC1CCN(c2ccccc2)C1. The van der Waals surface area contributed by atoms with Gasteiger partial charge >= 0.3 is 0 Å². The molecule has 0 radical (unpaired) electrons. The second-order valence-electron chi connectivity index (χ2n) is 7.95. The molecular formula is C23H29ClN4O. The molecule has 5 nitrogen and oxygen atoms in total. The molecule has 1 unspecified atom stereocenters. The van der Waals surface area contributed by atoms with E-state index in [0.717, 1.165) is 62.9 Å². The second-order valence-corrected chi connectivity index (χ2v) is 8.36. The van der Waals surface area contributed by atoms with Crippen LogP contribution in [-0.2, 0) is 4.79 Å². The maximum atomic E-state index is 12.4. The Labute approximate surface area is 178 Å². The van der Waals surface area contributed by atoms with E-state index < -0.39 is 0 Å². The summed E-state index contributed by atoms with van der Waals surface area (Å²) in [6.07, 6.45) is 1.13. The van der Waals surface area contributed by atoms with E-state index in [1.807, 2.05) is 24.3 Å². The zero-order chi connectivity index (χ0) is 20.1. The van der Waals surface area contributed by atoms with Crippen LogP contribution >= 0.6 is 11.6 Å². The Hall–Kier alpha value is -2.24. The predicted octanol–water partition coefficient (Wildman–Crippen LogP) is 3.10. The van der Waals surface area contributed by atoms with Gasteiger partial charge in [-0.2, -0.15) is 0 Å². The van der Waals surface area contributed by atoms with E-state index in [0.29, 0.717) is 12.5 Å². The molecule has 2 aromatic carbocycles. The standard InChI is InChI=1S/C23H29ClN4O/c24-21-8-4-5-9-22(21)27-14-12-26(13-15-27)18-23(29)25-16-19-10-11-28(17-19)20-6-2-1-3-7-20/h1-9,19H,10-18H2,(H,25,29). The topological polar surface area (TPSA) is 38.8 Å². The number of benzene rings is 2. The van der Waals surface area contributed by atoms with Gasteiger partial charge in [0.2, 0.25) is 5.91 Å². The normalized spacial score (nSPS) is 20.1. The lowest BCUT2D eigenvalue weighted by molar-refractivity contribution is -0.122. The lowest BCUT2D eigenvalue weighted by atomic mass is 10.1. The number of hydrogen-bond donors (Lipinski definition) is 1. The summed E-state index contributed by atoms with van der Waals surface area (Å²) >= 11 is 6.31. The van der Waals surface area contributed by atoms with Crippen molar-refractivity contribution in [1.82, 2.24) is 10.2 Å². The molecule has 2 aliphatic heterocycles. The Morgan fingerprint density at radius 1 is 0.931 bits per heavy atom. The fraction of sp³-hybridized carbons (Fsp3) is 0.435. The highest BCUT2D eigenvalue weighted by molar-refractivity contribution is 6.33. The number of carbonyl (C=O) groups excluding carboxylic acids is 1. The highest BCUT2D eigenvalue weighted by Crippen LogP contribution is 2.26. The molecule has 4 rings (SSSR count). The van der Waals surface area contributed by atoms with Crippen LogP contribution in [-0.4, -0.2) is 63.2 Å². The summed E-state index contributed by atoms with van der Waals surface area (Å²) in [5, 5.41) is 3.95. The lowest BCUT2D eigenvalue weighted by Crippen LogP contribution is -2.50. The molecule has 2 aliphatic rings. The summed E-state index contributed by atoms with van der Waals surface area (Å²) in [7, 11) is 0. The lowest BCUT2D eigenvalue weighted by Gasteiger charge is -2.36. The predicted molar refractivity (Wildman–Crippen MR) is 120 cm³/mol. The number of nitrogens with zero attached hydrogens (tertiary/aromatic N) is 3. The number of para-hydroxylation sites is 2. The Morgan fingerprint density at radius 2 is 1.66 bits per heavy atom. The van der Waals surface area contributed by atoms with Gasteiger partial charge in [-0.15, -0.1) is 0 Å². The third-order valence-corrected chi connectivity index (χ3v) is 6.25. The number of nitrogens with one attached hydrogen (secondary N) is 1. The molecule has 0 aromatic heterocycles. The van der Waals surface area contributed by atoms with Crippen molar-refractivity contribution in [3.8, 4) is 0 Å². The van der Waals surface area contributed by atoms with Crippen LogP contribution in [0.15, 0.2) is 54.6 Å². The Balaban J connectivity index is 1.17. The molecule has 2 fully saturated rings. The van der Waals surface area contributed by atoms with Gasteiger partial charge in [0.15, 0.2) is 0 Å². The molecular weight excluding hydrogens is 384 g/mol. The summed E-state index contributed by atoms with van der Waals surface area (Å²) in [6.45, 7) is 6.87. The average Bonchev–Trinajstić information content (AvgIpc) is 3.23. The zero-order valence-electron chi connectivity index (χ0n) is 16.8. The van der Waals surface area contributed by atoms with Crippen LogP contribution < -0.4 is 15.1 Å². The first-order valence-corrected chi connectivity index (χ1v) is 10.9. The average molecular weight is 413 g/mol. The minimum Gasteiger partial charge on any atom is -0.371 e. The van der Waals surface area contributed by atoms with Gasteiger partial charge in [-0.05, 0) is 36.6 Å². The fourth-order valence-corrected chi connectivity index (χ4v) is 4.50. The first-order valence-electron chi connectivity index (χ1n) is 10.5. The van der Waals surface area contributed by atoms with E-state index in [4.69, 9.17) is 11.6 Å². The summed E-state index contributed by atoms with van der Waals surface area (Å²) < 4.78 is 0. The van der Waals surface area contributed by atoms with E-state index in [-0.39, 0.29) is 5.91 Å². The van der Waals surface area contributed by atoms with Crippen LogP contribution in [0.25, 0.3) is 0 Å².